The fourth-order valence-electron chi connectivity index (χ4n) is 1.58. The van der Waals surface area contributed by atoms with Crippen molar-refractivity contribution in [3.8, 4) is 22.3 Å². The van der Waals surface area contributed by atoms with E-state index in [4.69, 9.17) is 4.74 Å². The van der Waals surface area contributed by atoms with Crippen molar-refractivity contribution in [2.45, 2.75) is 13.3 Å². The van der Waals surface area contributed by atoms with E-state index in [9.17, 15) is 4.79 Å². The van der Waals surface area contributed by atoms with Crippen molar-refractivity contribution < 1.29 is 9.53 Å². The van der Waals surface area contributed by atoms with Crippen molar-refractivity contribution in [1.29, 1.82) is 0 Å². The number of ether oxygens (including phenoxy) is 1. The van der Waals surface area contributed by atoms with Crippen LogP contribution < -0.4 is 0 Å². The molecule has 0 bridgehead atoms. The van der Waals surface area contributed by atoms with Crippen LogP contribution in [0.4, 0.5) is 0 Å². The van der Waals surface area contributed by atoms with Gasteiger partial charge in [0.05, 0.1) is 11.5 Å². The maximum absolute atomic E-state index is 11.1. The van der Waals surface area contributed by atoms with Crippen molar-refractivity contribution in [3.63, 3.8) is 0 Å². The van der Waals surface area contributed by atoms with Crippen LogP contribution in [0.3, 0.4) is 0 Å². The normalized spacial score (nSPS) is 9.53. The average Bonchev–Trinajstić information content (AvgIpc) is 2.89. The Bertz CT molecular complexity index is 602. The highest BCUT2D eigenvalue weighted by Gasteiger charge is 2.00. The molecule has 0 saturated heterocycles. The summed E-state index contributed by atoms with van der Waals surface area (Å²) in [5.74, 6) is 5.56. The number of hydrogen-bond acceptors (Lipinski definition) is 3. The number of thiophene rings is 1. The van der Waals surface area contributed by atoms with Gasteiger partial charge in [-0.25, -0.2) is 0 Å². The van der Waals surface area contributed by atoms with E-state index in [1.807, 2.05) is 30.3 Å². The van der Waals surface area contributed by atoms with Crippen molar-refractivity contribution in [3.05, 3.63) is 47.3 Å². The van der Waals surface area contributed by atoms with Gasteiger partial charge in [0, 0.05) is 4.88 Å². The minimum absolute atomic E-state index is 0.145. The molecule has 0 fully saturated rings. The summed E-state index contributed by atoms with van der Waals surface area (Å²) in [4.78, 5) is 13.3. The highest BCUT2D eigenvalue weighted by molar-refractivity contribution is 7.16. The smallest absolute Gasteiger partial charge is 0.317 e. The SMILES string of the molecule is CCOC(=O)CC#Cc1ccc(-c2ccccc2)s1. The number of carbonyl (C=O) groups excluding carboxylic acids is 1. The Balaban J connectivity index is 2.02. The third-order valence-corrected chi connectivity index (χ3v) is 3.46. The number of rotatable bonds is 3. The largest absolute Gasteiger partial charge is 0.465 e. The van der Waals surface area contributed by atoms with Crippen LogP contribution in [-0.2, 0) is 9.53 Å². The Morgan fingerprint density at radius 3 is 2.74 bits per heavy atom. The van der Waals surface area contributed by atoms with E-state index in [1.165, 1.54) is 10.4 Å². The van der Waals surface area contributed by atoms with Crippen LogP contribution >= 0.6 is 11.3 Å². The molecule has 1 aromatic carbocycles. The predicted molar refractivity (Wildman–Crippen MR) is 77.9 cm³/mol. The second-order valence-corrected chi connectivity index (χ2v) is 4.90. The van der Waals surface area contributed by atoms with Crippen LogP contribution in [0.2, 0.25) is 0 Å². The van der Waals surface area contributed by atoms with E-state index >= 15 is 0 Å². The lowest BCUT2D eigenvalue weighted by atomic mass is 10.2. The van der Waals surface area contributed by atoms with Crippen molar-refractivity contribution in [1.82, 2.24) is 0 Å². The minimum atomic E-state index is -0.269. The molecule has 0 N–H and O–H groups in total. The summed E-state index contributed by atoms with van der Waals surface area (Å²) >= 11 is 1.63. The third-order valence-electron chi connectivity index (χ3n) is 2.41. The molecule has 0 amide bonds. The van der Waals surface area contributed by atoms with Crippen LogP contribution in [0.25, 0.3) is 10.4 Å². The molecule has 0 spiro atoms. The first-order valence-corrected chi connectivity index (χ1v) is 6.91. The summed E-state index contributed by atoms with van der Waals surface area (Å²) in [7, 11) is 0. The van der Waals surface area contributed by atoms with E-state index < -0.39 is 0 Å². The maximum Gasteiger partial charge on any atom is 0.317 e. The first-order valence-electron chi connectivity index (χ1n) is 6.09. The van der Waals surface area contributed by atoms with Gasteiger partial charge in [-0.15, -0.1) is 11.3 Å². The molecule has 0 aliphatic carbocycles. The molecule has 0 atom stereocenters. The van der Waals surface area contributed by atoms with E-state index in [1.54, 1.807) is 18.3 Å². The molecule has 0 saturated carbocycles. The van der Waals surface area contributed by atoms with Gasteiger partial charge in [-0.1, -0.05) is 42.2 Å². The molecule has 0 radical (unpaired) electrons. The van der Waals surface area contributed by atoms with Crippen LogP contribution in [0.1, 0.15) is 18.2 Å². The lowest BCUT2D eigenvalue weighted by Crippen LogP contribution is -2.01. The molecule has 1 aromatic heterocycles. The van der Waals surface area contributed by atoms with Gasteiger partial charge in [-0.3, -0.25) is 4.79 Å². The zero-order valence-corrected chi connectivity index (χ0v) is 11.5. The Hall–Kier alpha value is -2.05. The minimum Gasteiger partial charge on any atom is -0.465 e. The summed E-state index contributed by atoms with van der Waals surface area (Å²) in [5.41, 5.74) is 1.19. The van der Waals surface area contributed by atoms with E-state index in [2.05, 4.69) is 24.0 Å². The summed E-state index contributed by atoms with van der Waals surface area (Å²) in [6, 6.07) is 14.2. The van der Waals surface area contributed by atoms with Crippen molar-refractivity contribution in [2.24, 2.45) is 0 Å². The summed E-state index contributed by atoms with van der Waals surface area (Å²) in [6.07, 6.45) is 0.145. The Kier molecular flexibility index (Phi) is 4.77. The summed E-state index contributed by atoms with van der Waals surface area (Å²) in [6.45, 7) is 2.19. The molecule has 2 aromatic rings. The van der Waals surface area contributed by atoms with Crippen LogP contribution in [0.5, 0.6) is 0 Å². The van der Waals surface area contributed by atoms with Gasteiger partial charge in [0.25, 0.3) is 0 Å². The zero-order valence-electron chi connectivity index (χ0n) is 10.7. The molecular weight excluding hydrogens is 256 g/mol. The summed E-state index contributed by atoms with van der Waals surface area (Å²) in [5, 5.41) is 0. The van der Waals surface area contributed by atoms with Crippen LogP contribution in [-0.4, -0.2) is 12.6 Å². The number of hydrogen-bond donors (Lipinski definition) is 0. The monoisotopic (exact) mass is 270 g/mol. The molecule has 3 heteroatoms. The van der Waals surface area contributed by atoms with Crippen molar-refractivity contribution in [2.75, 3.05) is 6.61 Å². The zero-order chi connectivity index (χ0) is 13.5. The summed E-state index contributed by atoms with van der Waals surface area (Å²) < 4.78 is 4.82. The Morgan fingerprint density at radius 1 is 1.21 bits per heavy atom. The second kappa shape index (κ2) is 6.77. The topological polar surface area (TPSA) is 26.3 Å². The van der Waals surface area contributed by atoms with Gasteiger partial charge in [0.2, 0.25) is 0 Å². The highest BCUT2D eigenvalue weighted by atomic mass is 32.1. The Morgan fingerprint density at radius 2 is 2.00 bits per heavy atom. The standard InChI is InChI=1S/C16H14O2S/c1-2-18-16(17)10-6-9-14-11-12-15(19-14)13-7-4-3-5-8-13/h3-5,7-8,11-12H,2,10H2,1H3. The molecular formula is C16H14O2S. The molecule has 2 rings (SSSR count). The van der Waals surface area contributed by atoms with Gasteiger partial charge in [0.1, 0.15) is 6.42 Å². The van der Waals surface area contributed by atoms with Gasteiger partial charge < -0.3 is 4.74 Å². The first-order chi connectivity index (χ1) is 9.29. The van der Waals surface area contributed by atoms with E-state index in [0.717, 1.165) is 4.88 Å². The van der Waals surface area contributed by atoms with E-state index in [0.29, 0.717) is 6.61 Å². The first kappa shape index (κ1) is 13.4. The van der Waals surface area contributed by atoms with Gasteiger partial charge >= 0.3 is 5.97 Å². The highest BCUT2D eigenvalue weighted by Crippen LogP contribution is 2.27. The number of carbonyl (C=O) groups is 1. The fraction of sp³-hybridized carbons (Fsp3) is 0.188. The van der Waals surface area contributed by atoms with Crippen molar-refractivity contribution >= 4 is 17.3 Å². The average molecular weight is 270 g/mol. The third kappa shape index (κ3) is 3.97. The van der Waals surface area contributed by atoms with Crippen LogP contribution in [0.15, 0.2) is 42.5 Å². The molecule has 96 valence electrons. The fourth-order valence-corrected chi connectivity index (χ4v) is 2.46. The van der Waals surface area contributed by atoms with Gasteiger partial charge in [0.15, 0.2) is 0 Å². The van der Waals surface area contributed by atoms with Gasteiger partial charge in [-0.05, 0) is 24.6 Å². The molecule has 0 aliphatic heterocycles. The quantitative estimate of drug-likeness (QED) is 0.627. The lowest BCUT2D eigenvalue weighted by Gasteiger charge is -1.94. The molecule has 19 heavy (non-hydrogen) atoms. The van der Waals surface area contributed by atoms with Gasteiger partial charge in [-0.2, -0.15) is 0 Å². The maximum atomic E-state index is 11.1. The lowest BCUT2D eigenvalue weighted by molar-refractivity contribution is -0.141. The molecule has 1 heterocycles. The number of esters is 1. The van der Waals surface area contributed by atoms with E-state index in [-0.39, 0.29) is 12.4 Å². The van der Waals surface area contributed by atoms with Crippen LogP contribution in [0, 0.1) is 11.8 Å². The predicted octanol–water partition coefficient (Wildman–Crippen LogP) is 3.72. The number of benzene rings is 1. The molecule has 0 aliphatic rings. The molecule has 2 nitrogen and oxygen atoms in total. The second-order valence-electron chi connectivity index (χ2n) is 3.81. The Labute approximate surface area is 117 Å². The molecule has 0 unspecified atom stereocenters.